The molecular weight excluding hydrogens is 210 g/mol. The Bertz CT molecular complexity index is 268. The molecule has 0 bridgehead atoms. The van der Waals surface area contributed by atoms with Crippen molar-refractivity contribution in [3.63, 3.8) is 0 Å². The Balaban J connectivity index is 1.63. The first-order valence-electron chi connectivity index (χ1n) is 7.47. The Kier molecular flexibility index (Phi) is 3.42. The van der Waals surface area contributed by atoms with Gasteiger partial charge in [0.15, 0.2) is 0 Å². The lowest BCUT2D eigenvalue weighted by Gasteiger charge is -2.46. The van der Waals surface area contributed by atoms with Crippen molar-refractivity contribution in [2.75, 3.05) is 26.2 Å². The minimum absolute atomic E-state index is 0.674. The summed E-state index contributed by atoms with van der Waals surface area (Å²) in [6, 6.07) is 3.16. The maximum Gasteiger partial charge on any atom is 0.0196 e. The Morgan fingerprint density at radius 1 is 1.06 bits per heavy atom. The normalized spacial score (nSPS) is 44.8. The molecule has 0 amide bonds. The van der Waals surface area contributed by atoms with E-state index in [2.05, 4.69) is 29.0 Å². The number of hydrogen-bond donors (Lipinski definition) is 1. The van der Waals surface area contributed by atoms with Crippen molar-refractivity contribution in [1.82, 2.24) is 15.1 Å². The van der Waals surface area contributed by atoms with Crippen LogP contribution in [0.3, 0.4) is 0 Å². The third-order valence-electron chi connectivity index (χ3n) is 5.07. The van der Waals surface area contributed by atoms with Crippen LogP contribution < -0.4 is 5.32 Å². The third-order valence-corrected chi connectivity index (χ3v) is 5.07. The number of nitrogens with zero attached hydrogens (tertiary/aromatic N) is 2. The number of piperidine rings is 1. The average Bonchev–Trinajstić information content (AvgIpc) is 2.79. The summed E-state index contributed by atoms with van der Waals surface area (Å²) in [5.41, 5.74) is 0. The number of piperazine rings is 1. The van der Waals surface area contributed by atoms with E-state index >= 15 is 0 Å². The number of hydrogen-bond acceptors (Lipinski definition) is 3. The molecule has 98 valence electrons. The molecular formula is C14H27N3. The van der Waals surface area contributed by atoms with Crippen LogP contribution in [0.2, 0.25) is 0 Å². The fourth-order valence-electron chi connectivity index (χ4n) is 4.06. The topological polar surface area (TPSA) is 18.5 Å². The van der Waals surface area contributed by atoms with E-state index in [1.807, 2.05) is 0 Å². The highest BCUT2D eigenvalue weighted by Crippen LogP contribution is 2.30. The average molecular weight is 237 g/mol. The highest BCUT2D eigenvalue weighted by Gasteiger charge is 2.36. The van der Waals surface area contributed by atoms with E-state index in [1.54, 1.807) is 0 Å². The molecule has 3 aliphatic heterocycles. The van der Waals surface area contributed by atoms with E-state index in [4.69, 9.17) is 0 Å². The monoisotopic (exact) mass is 237 g/mol. The molecule has 3 aliphatic rings. The van der Waals surface area contributed by atoms with Crippen LogP contribution in [0.5, 0.6) is 0 Å². The molecule has 3 heteroatoms. The maximum absolute atomic E-state index is 3.60. The van der Waals surface area contributed by atoms with E-state index in [0.717, 1.165) is 18.1 Å². The van der Waals surface area contributed by atoms with Gasteiger partial charge in [0.05, 0.1) is 0 Å². The lowest BCUT2D eigenvalue weighted by Crippen LogP contribution is -2.60. The van der Waals surface area contributed by atoms with Crippen LogP contribution in [0, 0.1) is 0 Å². The summed E-state index contributed by atoms with van der Waals surface area (Å²) in [5, 5.41) is 3.60. The zero-order valence-corrected chi connectivity index (χ0v) is 11.4. The van der Waals surface area contributed by atoms with Crippen molar-refractivity contribution in [1.29, 1.82) is 0 Å². The summed E-state index contributed by atoms with van der Waals surface area (Å²) >= 11 is 0. The van der Waals surface area contributed by atoms with Gasteiger partial charge in [-0.3, -0.25) is 4.90 Å². The first-order valence-corrected chi connectivity index (χ1v) is 7.47. The van der Waals surface area contributed by atoms with Crippen molar-refractivity contribution >= 4 is 0 Å². The molecule has 0 aliphatic carbocycles. The van der Waals surface area contributed by atoms with E-state index in [0.29, 0.717) is 6.04 Å². The van der Waals surface area contributed by atoms with Crippen molar-refractivity contribution in [2.24, 2.45) is 0 Å². The Labute approximate surface area is 106 Å². The second kappa shape index (κ2) is 4.87. The highest BCUT2D eigenvalue weighted by molar-refractivity contribution is 4.94. The van der Waals surface area contributed by atoms with Gasteiger partial charge >= 0.3 is 0 Å². The van der Waals surface area contributed by atoms with Gasteiger partial charge in [0.25, 0.3) is 0 Å². The van der Waals surface area contributed by atoms with Crippen LogP contribution in [0.15, 0.2) is 0 Å². The predicted octanol–water partition coefficient (Wildman–Crippen LogP) is 1.30. The van der Waals surface area contributed by atoms with Gasteiger partial charge in [-0.05, 0) is 52.6 Å². The minimum atomic E-state index is 0.674. The molecule has 0 aromatic rings. The standard InChI is InChI=1S/C14H27N3/c1-11-10-17(12(2)9-15-11)14-5-7-16-6-3-4-13(16)8-14/h11-15H,3-10H2,1-2H3. The highest BCUT2D eigenvalue weighted by atomic mass is 15.3. The van der Waals surface area contributed by atoms with Gasteiger partial charge < -0.3 is 10.2 Å². The van der Waals surface area contributed by atoms with E-state index < -0.39 is 0 Å². The van der Waals surface area contributed by atoms with E-state index in [1.165, 1.54) is 51.9 Å². The molecule has 3 fully saturated rings. The molecule has 3 saturated heterocycles. The zero-order chi connectivity index (χ0) is 11.8. The first-order chi connectivity index (χ1) is 8.24. The molecule has 0 aromatic carbocycles. The van der Waals surface area contributed by atoms with Crippen LogP contribution in [0.4, 0.5) is 0 Å². The molecule has 0 radical (unpaired) electrons. The Morgan fingerprint density at radius 3 is 2.82 bits per heavy atom. The van der Waals surface area contributed by atoms with Crippen molar-refractivity contribution in [2.45, 2.75) is 63.7 Å². The van der Waals surface area contributed by atoms with Gasteiger partial charge in [-0.15, -0.1) is 0 Å². The summed E-state index contributed by atoms with van der Waals surface area (Å²) < 4.78 is 0. The lowest BCUT2D eigenvalue weighted by molar-refractivity contribution is 0.0390. The molecule has 17 heavy (non-hydrogen) atoms. The smallest absolute Gasteiger partial charge is 0.0196 e. The van der Waals surface area contributed by atoms with Crippen molar-refractivity contribution in [3.8, 4) is 0 Å². The fourth-order valence-corrected chi connectivity index (χ4v) is 4.06. The van der Waals surface area contributed by atoms with Gasteiger partial charge in [0.1, 0.15) is 0 Å². The number of rotatable bonds is 1. The molecule has 0 spiro atoms. The molecule has 3 nitrogen and oxygen atoms in total. The van der Waals surface area contributed by atoms with Crippen LogP contribution >= 0.6 is 0 Å². The van der Waals surface area contributed by atoms with Crippen LogP contribution in [0.25, 0.3) is 0 Å². The summed E-state index contributed by atoms with van der Waals surface area (Å²) in [4.78, 5) is 5.52. The molecule has 4 atom stereocenters. The Morgan fingerprint density at radius 2 is 1.94 bits per heavy atom. The fraction of sp³-hybridized carbons (Fsp3) is 1.00. The van der Waals surface area contributed by atoms with Gasteiger partial charge in [0, 0.05) is 37.3 Å². The summed E-state index contributed by atoms with van der Waals surface area (Å²) in [7, 11) is 0. The quantitative estimate of drug-likeness (QED) is 0.741. The predicted molar refractivity (Wildman–Crippen MR) is 71.2 cm³/mol. The minimum Gasteiger partial charge on any atom is -0.311 e. The molecule has 0 aromatic heterocycles. The largest absolute Gasteiger partial charge is 0.311 e. The summed E-state index contributed by atoms with van der Waals surface area (Å²) in [6.07, 6.45) is 5.71. The Hall–Kier alpha value is -0.120. The van der Waals surface area contributed by atoms with Crippen molar-refractivity contribution < 1.29 is 0 Å². The van der Waals surface area contributed by atoms with Gasteiger partial charge in [-0.25, -0.2) is 0 Å². The summed E-state index contributed by atoms with van der Waals surface area (Å²) in [5.74, 6) is 0. The SMILES string of the molecule is CC1CN(C2CCN3CCCC3C2)C(C)CN1. The second-order valence-corrected chi connectivity index (χ2v) is 6.37. The second-order valence-electron chi connectivity index (χ2n) is 6.37. The lowest BCUT2D eigenvalue weighted by atomic mass is 9.94. The molecule has 4 unspecified atom stereocenters. The van der Waals surface area contributed by atoms with Crippen molar-refractivity contribution in [3.05, 3.63) is 0 Å². The number of fused-ring (bicyclic) bond motifs is 1. The summed E-state index contributed by atoms with van der Waals surface area (Å²) in [6.45, 7) is 9.85. The zero-order valence-electron chi connectivity index (χ0n) is 11.4. The number of nitrogens with one attached hydrogen (secondary N) is 1. The van der Waals surface area contributed by atoms with Gasteiger partial charge in [0.2, 0.25) is 0 Å². The van der Waals surface area contributed by atoms with Gasteiger partial charge in [-0.2, -0.15) is 0 Å². The molecule has 3 rings (SSSR count). The van der Waals surface area contributed by atoms with Crippen LogP contribution in [-0.2, 0) is 0 Å². The van der Waals surface area contributed by atoms with E-state index in [9.17, 15) is 0 Å². The van der Waals surface area contributed by atoms with Gasteiger partial charge in [-0.1, -0.05) is 0 Å². The van der Waals surface area contributed by atoms with Crippen LogP contribution in [0.1, 0.15) is 39.5 Å². The third kappa shape index (κ3) is 2.38. The maximum atomic E-state index is 3.60. The molecule has 3 heterocycles. The first kappa shape index (κ1) is 11.9. The van der Waals surface area contributed by atoms with Crippen LogP contribution in [-0.4, -0.2) is 60.1 Å². The molecule has 1 N–H and O–H groups in total. The molecule has 0 saturated carbocycles. The van der Waals surface area contributed by atoms with E-state index in [-0.39, 0.29) is 0 Å².